The molecule has 0 atom stereocenters. The van der Waals surface area contributed by atoms with E-state index in [0.29, 0.717) is 18.7 Å². The maximum absolute atomic E-state index is 12.7. The van der Waals surface area contributed by atoms with Gasteiger partial charge in [-0.2, -0.15) is 0 Å². The molecule has 23 heavy (non-hydrogen) atoms. The van der Waals surface area contributed by atoms with Crippen molar-refractivity contribution in [2.45, 2.75) is 52.9 Å². The van der Waals surface area contributed by atoms with E-state index >= 15 is 0 Å². The summed E-state index contributed by atoms with van der Waals surface area (Å²) in [6, 6.07) is 5.76. The summed E-state index contributed by atoms with van der Waals surface area (Å²) in [5.74, 6) is -0.287. The van der Waals surface area contributed by atoms with Crippen molar-refractivity contribution in [2.24, 2.45) is 0 Å². The van der Waals surface area contributed by atoms with Crippen molar-refractivity contribution in [3.05, 3.63) is 34.9 Å². The molecule has 4 heteroatoms. The molecule has 0 saturated carbocycles. The molecule has 4 nitrogen and oxygen atoms in total. The van der Waals surface area contributed by atoms with Crippen LogP contribution in [-0.2, 0) is 9.53 Å². The number of ether oxygens (including phenoxy) is 1. The summed E-state index contributed by atoms with van der Waals surface area (Å²) in [7, 11) is 1.37. The zero-order chi connectivity index (χ0) is 17.2. The molecule has 0 aliphatic heterocycles. The molecule has 1 amide bonds. The average Bonchev–Trinajstić information content (AvgIpc) is 2.55. The fraction of sp³-hybridized carbons (Fsp3) is 0.579. The molecular weight excluding hydrogens is 290 g/mol. The van der Waals surface area contributed by atoms with Gasteiger partial charge >= 0.3 is 5.97 Å². The molecule has 0 heterocycles. The summed E-state index contributed by atoms with van der Waals surface area (Å²) in [4.78, 5) is 25.9. The van der Waals surface area contributed by atoms with Crippen molar-refractivity contribution >= 4 is 11.9 Å². The predicted octanol–water partition coefficient (Wildman–Crippen LogP) is 3.89. The summed E-state index contributed by atoms with van der Waals surface area (Å²) in [6.07, 6.45) is 4.63. The van der Waals surface area contributed by atoms with E-state index in [-0.39, 0.29) is 18.3 Å². The number of unbranched alkanes of at least 4 members (excludes halogenated alkanes) is 3. The molecule has 1 aromatic carbocycles. The van der Waals surface area contributed by atoms with Gasteiger partial charge < -0.3 is 9.64 Å². The maximum Gasteiger partial charge on any atom is 0.307 e. The number of rotatable bonds is 9. The minimum absolute atomic E-state index is 0.00602. The first kappa shape index (κ1) is 19.2. The Kier molecular flexibility index (Phi) is 8.38. The van der Waals surface area contributed by atoms with E-state index < -0.39 is 0 Å². The van der Waals surface area contributed by atoms with Crippen LogP contribution in [0.25, 0.3) is 0 Å². The molecule has 1 rings (SSSR count). The van der Waals surface area contributed by atoms with Crippen LogP contribution in [0.2, 0.25) is 0 Å². The number of hydrogen-bond donors (Lipinski definition) is 0. The lowest BCUT2D eigenvalue weighted by molar-refractivity contribution is -0.140. The van der Waals surface area contributed by atoms with E-state index in [9.17, 15) is 9.59 Å². The number of aryl methyl sites for hydroxylation is 2. The van der Waals surface area contributed by atoms with Crippen molar-refractivity contribution in [1.29, 1.82) is 0 Å². The van der Waals surface area contributed by atoms with E-state index in [1.165, 1.54) is 19.1 Å². The Morgan fingerprint density at radius 3 is 2.39 bits per heavy atom. The van der Waals surface area contributed by atoms with Gasteiger partial charge in [0.1, 0.15) is 0 Å². The topological polar surface area (TPSA) is 46.6 Å². The predicted molar refractivity (Wildman–Crippen MR) is 92.6 cm³/mol. The first-order valence-electron chi connectivity index (χ1n) is 8.43. The van der Waals surface area contributed by atoms with Crippen LogP contribution in [0.15, 0.2) is 18.2 Å². The van der Waals surface area contributed by atoms with Crippen molar-refractivity contribution in [2.75, 3.05) is 20.2 Å². The van der Waals surface area contributed by atoms with Gasteiger partial charge in [-0.25, -0.2) is 0 Å². The van der Waals surface area contributed by atoms with Gasteiger partial charge in [0.15, 0.2) is 0 Å². The molecule has 0 aromatic heterocycles. The first-order chi connectivity index (χ1) is 11.0. The Balaban J connectivity index is 2.76. The van der Waals surface area contributed by atoms with E-state index in [1.807, 2.05) is 32.0 Å². The highest BCUT2D eigenvalue weighted by Crippen LogP contribution is 2.13. The highest BCUT2D eigenvalue weighted by Gasteiger charge is 2.17. The molecule has 0 bridgehead atoms. The van der Waals surface area contributed by atoms with Crippen LogP contribution in [0, 0.1) is 13.8 Å². The van der Waals surface area contributed by atoms with Crippen molar-refractivity contribution < 1.29 is 14.3 Å². The quantitative estimate of drug-likeness (QED) is 0.512. The second-order valence-corrected chi connectivity index (χ2v) is 5.98. The van der Waals surface area contributed by atoms with Gasteiger partial charge in [0.25, 0.3) is 5.91 Å². The first-order valence-corrected chi connectivity index (χ1v) is 8.43. The molecular formula is C19H29NO3. The number of carbonyl (C=O) groups is 2. The third kappa shape index (κ3) is 6.43. The summed E-state index contributed by atoms with van der Waals surface area (Å²) in [5.41, 5.74) is 2.97. The van der Waals surface area contributed by atoms with E-state index in [1.54, 1.807) is 4.90 Å². The van der Waals surface area contributed by atoms with E-state index in [4.69, 9.17) is 0 Å². The van der Waals surface area contributed by atoms with Crippen LogP contribution < -0.4 is 0 Å². The zero-order valence-electron chi connectivity index (χ0n) is 14.9. The second kappa shape index (κ2) is 10.0. The van der Waals surface area contributed by atoms with E-state index in [2.05, 4.69) is 11.7 Å². The molecule has 0 fully saturated rings. The summed E-state index contributed by atoms with van der Waals surface area (Å²) in [6.45, 7) is 7.29. The van der Waals surface area contributed by atoms with Crippen LogP contribution in [0.3, 0.4) is 0 Å². The lowest BCUT2D eigenvalue weighted by atomic mass is 10.1. The summed E-state index contributed by atoms with van der Waals surface area (Å²) < 4.78 is 4.69. The van der Waals surface area contributed by atoms with Gasteiger partial charge in [-0.05, 0) is 43.5 Å². The van der Waals surface area contributed by atoms with E-state index in [0.717, 1.165) is 24.8 Å². The number of hydrogen-bond acceptors (Lipinski definition) is 3. The second-order valence-electron chi connectivity index (χ2n) is 5.98. The number of amides is 1. The number of esters is 1. The highest BCUT2D eigenvalue weighted by molar-refractivity contribution is 5.94. The van der Waals surface area contributed by atoms with Gasteiger partial charge in [-0.1, -0.05) is 32.3 Å². The largest absolute Gasteiger partial charge is 0.469 e. The fourth-order valence-electron chi connectivity index (χ4n) is 2.43. The summed E-state index contributed by atoms with van der Waals surface area (Å²) in [5, 5.41) is 0. The minimum Gasteiger partial charge on any atom is -0.469 e. The van der Waals surface area contributed by atoms with Gasteiger partial charge in [-0.15, -0.1) is 0 Å². The average molecular weight is 319 g/mol. The molecule has 0 unspecified atom stereocenters. The summed E-state index contributed by atoms with van der Waals surface area (Å²) >= 11 is 0. The number of benzene rings is 1. The van der Waals surface area contributed by atoms with Crippen LogP contribution >= 0.6 is 0 Å². The molecule has 0 aliphatic carbocycles. The molecule has 0 N–H and O–H groups in total. The van der Waals surface area contributed by atoms with Crippen LogP contribution in [0.4, 0.5) is 0 Å². The molecule has 0 radical (unpaired) electrons. The highest BCUT2D eigenvalue weighted by atomic mass is 16.5. The Hall–Kier alpha value is -1.84. The molecule has 1 aromatic rings. The lowest BCUT2D eigenvalue weighted by Crippen LogP contribution is -2.34. The minimum atomic E-state index is -0.281. The van der Waals surface area contributed by atoms with Gasteiger partial charge in [0, 0.05) is 18.7 Å². The molecule has 0 spiro atoms. The fourth-order valence-corrected chi connectivity index (χ4v) is 2.43. The Bertz CT molecular complexity index is 525. The monoisotopic (exact) mass is 319 g/mol. The van der Waals surface area contributed by atoms with Crippen molar-refractivity contribution in [1.82, 2.24) is 4.90 Å². The third-order valence-corrected chi connectivity index (χ3v) is 4.14. The maximum atomic E-state index is 12.7. The Labute approximate surface area is 139 Å². The standard InChI is InChI=1S/C19H29NO3/c1-5-6-7-8-12-20(13-11-18(21)23-4)19(22)17-10-9-15(2)16(3)14-17/h9-10,14H,5-8,11-13H2,1-4H3. The van der Waals surface area contributed by atoms with Crippen LogP contribution in [-0.4, -0.2) is 37.0 Å². The van der Waals surface area contributed by atoms with Gasteiger partial charge in [0.2, 0.25) is 0 Å². The number of carbonyl (C=O) groups excluding carboxylic acids is 2. The Morgan fingerprint density at radius 1 is 1.04 bits per heavy atom. The zero-order valence-corrected chi connectivity index (χ0v) is 14.9. The van der Waals surface area contributed by atoms with Gasteiger partial charge in [0.05, 0.1) is 13.5 Å². The van der Waals surface area contributed by atoms with Crippen LogP contribution in [0.5, 0.6) is 0 Å². The molecule has 128 valence electrons. The Morgan fingerprint density at radius 2 is 1.78 bits per heavy atom. The lowest BCUT2D eigenvalue weighted by Gasteiger charge is -2.23. The smallest absolute Gasteiger partial charge is 0.307 e. The number of nitrogens with zero attached hydrogens (tertiary/aromatic N) is 1. The molecule has 0 saturated heterocycles. The third-order valence-electron chi connectivity index (χ3n) is 4.14. The SMILES string of the molecule is CCCCCCN(CCC(=O)OC)C(=O)c1ccc(C)c(C)c1. The van der Waals surface area contributed by atoms with Crippen LogP contribution in [0.1, 0.15) is 60.5 Å². The van der Waals surface area contributed by atoms with Gasteiger partial charge in [-0.3, -0.25) is 9.59 Å². The normalized spacial score (nSPS) is 10.4. The van der Waals surface area contributed by atoms with Crippen molar-refractivity contribution in [3.63, 3.8) is 0 Å². The number of methoxy groups -OCH3 is 1. The van der Waals surface area contributed by atoms with Crippen molar-refractivity contribution in [3.8, 4) is 0 Å². The molecule has 0 aliphatic rings.